The Morgan fingerprint density at radius 2 is 1.56 bits per heavy atom. The molecule has 2 heterocycles. The molecule has 2 aromatic rings. The average Bonchev–Trinajstić information content (AvgIpc) is 3.64. The van der Waals surface area contributed by atoms with Crippen LogP contribution in [0.4, 0.5) is 0 Å². The lowest BCUT2D eigenvalue weighted by Gasteiger charge is -2.37. The summed E-state index contributed by atoms with van der Waals surface area (Å²) in [4.78, 5) is 41.2. The highest BCUT2D eigenvalue weighted by Crippen LogP contribution is 2.41. The molecule has 172 valence electrons. The van der Waals surface area contributed by atoms with E-state index in [2.05, 4.69) is 18.2 Å². The fourth-order valence-corrected chi connectivity index (χ4v) is 5.62. The Hall–Kier alpha value is -2.57. The van der Waals surface area contributed by atoms with Crippen LogP contribution >= 0.6 is 0 Å². The highest BCUT2D eigenvalue weighted by atomic mass is 16.2. The monoisotopic (exact) mass is 438 g/mol. The maximum Gasteiger partial charge on any atom is 0.328 e. The Morgan fingerprint density at radius 1 is 0.906 bits per heavy atom. The third kappa shape index (κ3) is 3.97. The fourth-order valence-electron chi connectivity index (χ4n) is 5.62. The maximum atomic E-state index is 13.0. The third-order valence-electron chi connectivity index (χ3n) is 7.89. The Morgan fingerprint density at radius 3 is 2.19 bits per heavy atom. The highest BCUT2D eigenvalue weighted by Gasteiger charge is 2.32. The van der Waals surface area contributed by atoms with Gasteiger partial charge in [-0.2, -0.15) is 0 Å². The Balaban J connectivity index is 1.22. The van der Waals surface area contributed by atoms with E-state index in [4.69, 9.17) is 0 Å². The average molecular weight is 439 g/mol. The van der Waals surface area contributed by atoms with E-state index < -0.39 is 0 Å². The molecule has 1 aromatic carbocycles. The van der Waals surface area contributed by atoms with Crippen LogP contribution in [0.25, 0.3) is 11.0 Å². The van der Waals surface area contributed by atoms with Crippen molar-refractivity contribution in [3.8, 4) is 0 Å². The molecule has 2 saturated carbocycles. The first-order chi connectivity index (χ1) is 15.4. The summed E-state index contributed by atoms with van der Waals surface area (Å²) in [6, 6.07) is 6.50. The Bertz CT molecular complexity index is 1080. The zero-order chi connectivity index (χ0) is 22.4. The minimum Gasteiger partial charge on any atom is -0.339 e. The summed E-state index contributed by atoms with van der Waals surface area (Å²) >= 11 is 0. The summed E-state index contributed by atoms with van der Waals surface area (Å²) in [5.41, 5.74) is 3.49. The molecule has 0 radical (unpaired) electrons. The molecule has 7 nitrogen and oxygen atoms in total. The van der Waals surface area contributed by atoms with Gasteiger partial charge in [0, 0.05) is 52.6 Å². The van der Waals surface area contributed by atoms with Crippen LogP contribution in [-0.2, 0) is 23.2 Å². The highest BCUT2D eigenvalue weighted by molar-refractivity contribution is 5.80. The fraction of sp³-hybridized carbons (Fsp3) is 0.640. The van der Waals surface area contributed by atoms with Crippen molar-refractivity contribution in [2.75, 3.05) is 26.2 Å². The quantitative estimate of drug-likeness (QED) is 0.737. The maximum absolute atomic E-state index is 13.0. The van der Waals surface area contributed by atoms with Crippen LogP contribution in [0, 0.1) is 11.8 Å². The molecular formula is C25H34N4O3. The van der Waals surface area contributed by atoms with E-state index >= 15 is 0 Å². The number of hydrogen-bond donors (Lipinski definition) is 0. The van der Waals surface area contributed by atoms with Crippen LogP contribution in [0.15, 0.2) is 23.0 Å². The second-order valence-corrected chi connectivity index (χ2v) is 10.0. The van der Waals surface area contributed by atoms with Gasteiger partial charge >= 0.3 is 5.69 Å². The van der Waals surface area contributed by atoms with E-state index in [0.717, 1.165) is 43.3 Å². The van der Waals surface area contributed by atoms with Crippen LogP contribution in [0.3, 0.4) is 0 Å². The normalized spacial score (nSPS) is 24.2. The number of rotatable bonds is 4. The van der Waals surface area contributed by atoms with Gasteiger partial charge in [-0.25, -0.2) is 4.79 Å². The van der Waals surface area contributed by atoms with E-state index in [1.54, 1.807) is 11.5 Å². The van der Waals surface area contributed by atoms with E-state index in [0.29, 0.717) is 38.0 Å². The molecule has 0 N–H and O–H groups in total. The molecule has 0 spiro atoms. The zero-order valence-corrected chi connectivity index (χ0v) is 19.3. The number of carbonyl (C=O) groups excluding carboxylic acids is 2. The van der Waals surface area contributed by atoms with Crippen LogP contribution in [0.2, 0.25) is 0 Å². The van der Waals surface area contributed by atoms with E-state index in [1.165, 1.54) is 18.4 Å². The minimum absolute atomic E-state index is 0.0643. The van der Waals surface area contributed by atoms with Crippen LogP contribution < -0.4 is 5.69 Å². The van der Waals surface area contributed by atoms with Crippen molar-refractivity contribution < 1.29 is 9.59 Å². The predicted octanol–water partition coefficient (Wildman–Crippen LogP) is 2.71. The van der Waals surface area contributed by atoms with E-state index in [1.807, 2.05) is 21.4 Å². The molecule has 32 heavy (non-hydrogen) atoms. The second-order valence-electron chi connectivity index (χ2n) is 10.0. The van der Waals surface area contributed by atoms with Gasteiger partial charge in [0.05, 0.1) is 11.0 Å². The number of piperazine rings is 1. The van der Waals surface area contributed by atoms with Crippen LogP contribution in [0.5, 0.6) is 0 Å². The number of nitrogens with zero attached hydrogens (tertiary/aromatic N) is 4. The van der Waals surface area contributed by atoms with Crippen molar-refractivity contribution in [3.63, 3.8) is 0 Å². The summed E-state index contributed by atoms with van der Waals surface area (Å²) in [7, 11) is 1.86. The van der Waals surface area contributed by atoms with Crippen LogP contribution in [0.1, 0.15) is 56.9 Å². The number of fused-ring (bicyclic) bond motifs is 1. The van der Waals surface area contributed by atoms with Gasteiger partial charge in [0.25, 0.3) is 0 Å². The largest absolute Gasteiger partial charge is 0.339 e. The molecule has 3 fully saturated rings. The van der Waals surface area contributed by atoms with Gasteiger partial charge in [0.2, 0.25) is 11.8 Å². The van der Waals surface area contributed by atoms with Crippen molar-refractivity contribution in [1.82, 2.24) is 18.9 Å². The molecule has 1 aliphatic heterocycles. The molecule has 7 heteroatoms. The lowest BCUT2D eigenvalue weighted by Crippen LogP contribution is -2.51. The first-order valence-electron chi connectivity index (χ1n) is 12.2. The van der Waals surface area contributed by atoms with Gasteiger partial charge < -0.3 is 9.80 Å². The molecule has 2 amide bonds. The standard InChI is InChI=1S/C25H34N4O3/c1-17(30)27-11-13-28(14-12-27)24(31)20-5-3-18(4-6-20)16-29-23-15-21(19-7-8-19)9-10-22(23)26(2)25(29)32/h9-10,15,18-20H,3-8,11-14,16H2,1-2H3. The molecule has 1 aromatic heterocycles. The Labute approximate surface area is 189 Å². The smallest absolute Gasteiger partial charge is 0.328 e. The van der Waals surface area contributed by atoms with E-state index in [9.17, 15) is 14.4 Å². The summed E-state index contributed by atoms with van der Waals surface area (Å²) in [5, 5.41) is 0. The van der Waals surface area contributed by atoms with Crippen molar-refractivity contribution >= 4 is 22.8 Å². The molecule has 5 rings (SSSR count). The van der Waals surface area contributed by atoms with Gasteiger partial charge in [-0.1, -0.05) is 6.07 Å². The molecule has 0 bridgehead atoms. The van der Waals surface area contributed by atoms with Crippen molar-refractivity contribution in [3.05, 3.63) is 34.2 Å². The number of aryl methyl sites for hydroxylation is 1. The lowest BCUT2D eigenvalue weighted by atomic mass is 9.81. The van der Waals surface area contributed by atoms with Gasteiger partial charge in [0.15, 0.2) is 0 Å². The van der Waals surface area contributed by atoms with Gasteiger partial charge in [-0.15, -0.1) is 0 Å². The summed E-state index contributed by atoms with van der Waals surface area (Å²) < 4.78 is 3.73. The van der Waals surface area contributed by atoms with Gasteiger partial charge in [-0.3, -0.25) is 18.7 Å². The summed E-state index contributed by atoms with van der Waals surface area (Å²) in [6.45, 7) is 4.90. The number of hydrogen-bond acceptors (Lipinski definition) is 3. The molecule has 0 unspecified atom stereocenters. The molecular weight excluding hydrogens is 404 g/mol. The van der Waals surface area contributed by atoms with Gasteiger partial charge in [-0.05, 0) is 68.1 Å². The minimum atomic E-state index is 0.0643. The predicted molar refractivity (Wildman–Crippen MR) is 123 cm³/mol. The van der Waals surface area contributed by atoms with Crippen molar-refractivity contribution in [2.24, 2.45) is 18.9 Å². The summed E-state index contributed by atoms with van der Waals surface area (Å²) in [5.74, 6) is 1.53. The number of carbonyl (C=O) groups is 2. The molecule has 3 aliphatic rings. The topological polar surface area (TPSA) is 67.6 Å². The third-order valence-corrected chi connectivity index (χ3v) is 7.89. The van der Waals surface area contributed by atoms with Crippen molar-refractivity contribution in [1.29, 1.82) is 0 Å². The van der Waals surface area contributed by atoms with Gasteiger partial charge in [0.1, 0.15) is 0 Å². The number of benzene rings is 1. The zero-order valence-electron chi connectivity index (χ0n) is 19.3. The Kier molecular flexibility index (Phi) is 5.59. The SMILES string of the molecule is CC(=O)N1CCN(C(=O)C2CCC(Cn3c(=O)n(C)c4ccc(C5CC5)cc43)CC2)CC1. The molecule has 2 aliphatic carbocycles. The second kappa shape index (κ2) is 8.41. The van der Waals surface area contributed by atoms with E-state index in [-0.39, 0.29) is 23.4 Å². The number of aromatic nitrogens is 2. The van der Waals surface area contributed by atoms with Crippen LogP contribution in [-0.4, -0.2) is 56.9 Å². The molecule has 0 atom stereocenters. The van der Waals surface area contributed by atoms with Crippen molar-refractivity contribution in [2.45, 2.75) is 57.9 Å². The summed E-state index contributed by atoms with van der Waals surface area (Å²) in [6.07, 6.45) is 6.26. The first kappa shape index (κ1) is 21.3. The lowest BCUT2D eigenvalue weighted by molar-refractivity contribution is -0.142. The number of imidazole rings is 1. The first-order valence-corrected chi connectivity index (χ1v) is 12.2. The number of amides is 2. The molecule has 1 saturated heterocycles.